The average molecular weight is 258 g/mol. The van der Waals surface area contributed by atoms with Crippen molar-refractivity contribution < 1.29 is 14.3 Å². The quantitative estimate of drug-likeness (QED) is 0.674. The number of carboxylic acids is 1. The third-order valence-electron chi connectivity index (χ3n) is 2.82. The van der Waals surface area contributed by atoms with E-state index in [0.29, 0.717) is 11.2 Å². The van der Waals surface area contributed by atoms with E-state index in [1.165, 1.54) is 30.5 Å². The Bertz CT molecular complexity index is 886. The summed E-state index contributed by atoms with van der Waals surface area (Å²) in [5.74, 6) is -1.69. The second-order valence-corrected chi connectivity index (χ2v) is 4.03. The van der Waals surface area contributed by atoms with E-state index in [1.807, 2.05) is 0 Å². The molecule has 0 amide bonds. The van der Waals surface area contributed by atoms with Gasteiger partial charge in [-0.25, -0.2) is 14.2 Å². The molecule has 5 nitrogen and oxygen atoms in total. The maximum atomic E-state index is 13.2. The topological polar surface area (TPSA) is 71.7 Å². The molecule has 0 aliphatic carbocycles. The van der Waals surface area contributed by atoms with Gasteiger partial charge in [0, 0.05) is 6.20 Å². The van der Waals surface area contributed by atoms with Crippen LogP contribution < -0.4 is 5.56 Å². The standard InChI is InChI=1S/C13H7FN2O3/c14-8-2-3-10-9(5-8)12(17)16-6-7(13(18)19)1-4-11(16)15-10/h1-6H,(H,18,19). The van der Waals surface area contributed by atoms with Crippen molar-refractivity contribution in [3.05, 3.63) is 58.3 Å². The molecule has 0 spiro atoms. The van der Waals surface area contributed by atoms with E-state index in [4.69, 9.17) is 5.11 Å². The molecule has 6 heteroatoms. The first-order chi connectivity index (χ1) is 9.06. The first-order valence-corrected chi connectivity index (χ1v) is 5.41. The summed E-state index contributed by atoms with van der Waals surface area (Å²) in [6.45, 7) is 0. The highest BCUT2D eigenvalue weighted by Gasteiger charge is 2.09. The zero-order valence-electron chi connectivity index (χ0n) is 9.50. The van der Waals surface area contributed by atoms with Crippen LogP contribution in [-0.2, 0) is 0 Å². The predicted octanol–water partition coefficient (Wildman–Crippen LogP) is 1.68. The fraction of sp³-hybridized carbons (Fsp3) is 0. The van der Waals surface area contributed by atoms with Gasteiger partial charge in [0.15, 0.2) is 0 Å². The van der Waals surface area contributed by atoms with Crippen molar-refractivity contribution in [3.63, 3.8) is 0 Å². The number of carbonyl (C=O) groups is 1. The maximum Gasteiger partial charge on any atom is 0.337 e. The van der Waals surface area contributed by atoms with Gasteiger partial charge < -0.3 is 5.11 Å². The van der Waals surface area contributed by atoms with Crippen LogP contribution in [0.5, 0.6) is 0 Å². The van der Waals surface area contributed by atoms with Gasteiger partial charge in [-0.2, -0.15) is 0 Å². The van der Waals surface area contributed by atoms with Gasteiger partial charge in [-0.3, -0.25) is 9.20 Å². The Morgan fingerprint density at radius 3 is 2.79 bits per heavy atom. The molecular weight excluding hydrogens is 251 g/mol. The third kappa shape index (κ3) is 1.74. The number of hydrogen-bond acceptors (Lipinski definition) is 3. The number of aromatic nitrogens is 2. The molecule has 19 heavy (non-hydrogen) atoms. The van der Waals surface area contributed by atoms with Crippen molar-refractivity contribution in [1.82, 2.24) is 9.38 Å². The minimum atomic E-state index is -1.15. The van der Waals surface area contributed by atoms with Crippen LogP contribution in [0.15, 0.2) is 41.3 Å². The van der Waals surface area contributed by atoms with Crippen molar-refractivity contribution in [2.45, 2.75) is 0 Å². The van der Waals surface area contributed by atoms with E-state index < -0.39 is 17.3 Å². The van der Waals surface area contributed by atoms with Crippen molar-refractivity contribution in [2.24, 2.45) is 0 Å². The number of fused-ring (bicyclic) bond motifs is 2. The summed E-state index contributed by atoms with van der Waals surface area (Å²) in [7, 11) is 0. The molecule has 3 aromatic rings. The molecule has 0 saturated carbocycles. The van der Waals surface area contributed by atoms with Crippen LogP contribution in [0.25, 0.3) is 16.6 Å². The lowest BCUT2D eigenvalue weighted by molar-refractivity contribution is 0.0696. The highest BCUT2D eigenvalue weighted by molar-refractivity contribution is 5.88. The normalized spacial score (nSPS) is 11.0. The van der Waals surface area contributed by atoms with Crippen molar-refractivity contribution >= 4 is 22.5 Å². The van der Waals surface area contributed by atoms with Crippen LogP contribution in [0.1, 0.15) is 10.4 Å². The molecule has 0 bridgehead atoms. The summed E-state index contributed by atoms with van der Waals surface area (Å²) in [4.78, 5) is 27.2. The summed E-state index contributed by atoms with van der Waals surface area (Å²) in [6, 6.07) is 6.52. The van der Waals surface area contributed by atoms with Gasteiger partial charge in [-0.1, -0.05) is 0 Å². The Morgan fingerprint density at radius 1 is 1.26 bits per heavy atom. The molecule has 0 fully saturated rings. The summed E-state index contributed by atoms with van der Waals surface area (Å²) in [6.07, 6.45) is 1.18. The number of hydrogen-bond donors (Lipinski definition) is 1. The van der Waals surface area contributed by atoms with Gasteiger partial charge >= 0.3 is 5.97 Å². The Kier molecular flexibility index (Phi) is 2.31. The first kappa shape index (κ1) is 11.3. The minimum Gasteiger partial charge on any atom is -0.478 e. The number of pyridine rings is 1. The van der Waals surface area contributed by atoms with E-state index in [2.05, 4.69) is 4.98 Å². The lowest BCUT2D eigenvalue weighted by Crippen LogP contribution is -2.16. The molecular formula is C13H7FN2O3. The first-order valence-electron chi connectivity index (χ1n) is 5.41. The van der Waals surface area contributed by atoms with Crippen LogP contribution in [0.3, 0.4) is 0 Å². The number of aromatic carboxylic acids is 1. The molecule has 0 radical (unpaired) electrons. The number of halogens is 1. The second kappa shape index (κ2) is 3.88. The van der Waals surface area contributed by atoms with Crippen LogP contribution in [0.2, 0.25) is 0 Å². The molecule has 3 rings (SSSR count). The fourth-order valence-corrected chi connectivity index (χ4v) is 1.90. The Hall–Kier alpha value is -2.76. The average Bonchev–Trinajstić information content (AvgIpc) is 2.39. The van der Waals surface area contributed by atoms with Crippen molar-refractivity contribution in [3.8, 4) is 0 Å². The highest BCUT2D eigenvalue weighted by atomic mass is 19.1. The van der Waals surface area contributed by atoms with E-state index in [-0.39, 0.29) is 10.9 Å². The number of benzene rings is 1. The van der Waals surface area contributed by atoms with Crippen molar-refractivity contribution in [2.75, 3.05) is 0 Å². The van der Waals surface area contributed by atoms with Crippen molar-refractivity contribution in [1.29, 1.82) is 0 Å². The summed E-state index contributed by atoms with van der Waals surface area (Å²) < 4.78 is 14.3. The van der Waals surface area contributed by atoms with Gasteiger partial charge in [0.2, 0.25) is 0 Å². The van der Waals surface area contributed by atoms with E-state index in [0.717, 1.165) is 10.5 Å². The monoisotopic (exact) mass is 258 g/mol. The van der Waals surface area contributed by atoms with Gasteiger partial charge in [0.1, 0.15) is 11.5 Å². The zero-order chi connectivity index (χ0) is 13.6. The minimum absolute atomic E-state index is 0.0350. The Labute approximate surface area is 105 Å². The molecule has 1 N–H and O–H groups in total. The summed E-state index contributed by atoms with van der Waals surface area (Å²) >= 11 is 0. The molecule has 0 aliphatic heterocycles. The van der Waals surface area contributed by atoms with Gasteiger partial charge in [-0.05, 0) is 30.3 Å². The molecule has 0 unspecified atom stereocenters. The molecule has 2 aromatic heterocycles. The smallest absolute Gasteiger partial charge is 0.337 e. The Balaban J connectivity index is 2.48. The number of rotatable bonds is 1. The molecule has 0 aliphatic rings. The van der Waals surface area contributed by atoms with E-state index in [1.54, 1.807) is 0 Å². The highest BCUT2D eigenvalue weighted by Crippen LogP contribution is 2.12. The van der Waals surface area contributed by atoms with Gasteiger partial charge in [0.25, 0.3) is 5.56 Å². The SMILES string of the molecule is O=C(O)c1ccc2nc3ccc(F)cc3c(=O)n2c1. The zero-order valence-corrected chi connectivity index (χ0v) is 9.50. The number of nitrogens with zero attached hydrogens (tertiary/aromatic N) is 2. The number of carboxylic acid groups (broad SMARTS) is 1. The second-order valence-electron chi connectivity index (χ2n) is 4.03. The molecule has 94 valence electrons. The summed E-state index contributed by atoms with van der Waals surface area (Å²) in [5.41, 5.74) is 0.151. The predicted molar refractivity (Wildman–Crippen MR) is 65.9 cm³/mol. The van der Waals surface area contributed by atoms with E-state index in [9.17, 15) is 14.0 Å². The lowest BCUT2D eigenvalue weighted by atomic mass is 10.2. The van der Waals surface area contributed by atoms with Crippen LogP contribution >= 0.6 is 0 Å². The Morgan fingerprint density at radius 2 is 2.05 bits per heavy atom. The van der Waals surface area contributed by atoms with Crippen LogP contribution in [0, 0.1) is 5.82 Å². The van der Waals surface area contributed by atoms with E-state index >= 15 is 0 Å². The molecule has 2 heterocycles. The third-order valence-corrected chi connectivity index (χ3v) is 2.82. The lowest BCUT2D eigenvalue weighted by Gasteiger charge is -2.04. The summed E-state index contributed by atoms with van der Waals surface area (Å²) in [5, 5.41) is 9.01. The largest absolute Gasteiger partial charge is 0.478 e. The van der Waals surface area contributed by atoms with Gasteiger partial charge in [-0.15, -0.1) is 0 Å². The van der Waals surface area contributed by atoms with Crippen LogP contribution in [-0.4, -0.2) is 20.5 Å². The molecule has 1 aromatic carbocycles. The fourth-order valence-electron chi connectivity index (χ4n) is 1.90. The maximum absolute atomic E-state index is 13.2. The van der Waals surface area contributed by atoms with Gasteiger partial charge in [0.05, 0.1) is 16.5 Å². The molecule has 0 atom stereocenters. The molecule has 0 saturated heterocycles. The van der Waals surface area contributed by atoms with Crippen LogP contribution in [0.4, 0.5) is 4.39 Å².